The Balaban J connectivity index is 2.34. The average molecular weight is 258 g/mol. The molecule has 1 heterocycles. The molecule has 3 heteroatoms. The first-order valence-electron chi connectivity index (χ1n) is 7.11. The number of hydrogen-bond acceptors (Lipinski definition) is 3. The maximum Gasteiger partial charge on any atom is 0.0853 e. The van der Waals surface area contributed by atoms with Gasteiger partial charge in [-0.1, -0.05) is 38.0 Å². The van der Waals surface area contributed by atoms with Crippen molar-refractivity contribution in [1.82, 2.24) is 0 Å². The summed E-state index contributed by atoms with van der Waals surface area (Å²) in [6, 6.07) is 0. The molecule has 0 aromatic heterocycles. The lowest BCUT2D eigenvalue weighted by molar-refractivity contribution is 0.342. The lowest BCUT2D eigenvalue weighted by Crippen LogP contribution is -2.13. The van der Waals surface area contributed by atoms with Crippen LogP contribution in [0.3, 0.4) is 0 Å². The van der Waals surface area contributed by atoms with Crippen LogP contribution in [0.4, 0.5) is 0 Å². The fourth-order valence-corrected chi connectivity index (χ4v) is 2.82. The van der Waals surface area contributed by atoms with E-state index in [1.807, 2.05) is 12.2 Å². The van der Waals surface area contributed by atoms with Crippen LogP contribution in [0.25, 0.3) is 0 Å². The van der Waals surface area contributed by atoms with Gasteiger partial charge in [-0.25, -0.2) is 0 Å². The summed E-state index contributed by atoms with van der Waals surface area (Å²) in [7, 11) is 0. The van der Waals surface area contributed by atoms with Gasteiger partial charge in [-0.2, -0.15) is 10.2 Å². The number of rotatable bonds is 3. The van der Waals surface area contributed by atoms with Crippen LogP contribution in [-0.4, -0.2) is 11.7 Å². The molecule has 0 amide bonds. The minimum absolute atomic E-state index is 0.0479. The number of azo groups is 1. The van der Waals surface area contributed by atoms with E-state index < -0.39 is 0 Å². The first-order valence-corrected chi connectivity index (χ1v) is 7.11. The fraction of sp³-hybridized carbons (Fsp3) is 0.500. The molecule has 0 radical (unpaired) electrons. The molecule has 1 unspecified atom stereocenters. The van der Waals surface area contributed by atoms with Crippen molar-refractivity contribution in [2.45, 2.75) is 38.5 Å². The monoisotopic (exact) mass is 258 g/mol. The van der Waals surface area contributed by atoms with Gasteiger partial charge in [0.1, 0.15) is 0 Å². The predicted octanol–water partition coefficient (Wildman–Crippen LogP) is 4.30. The third kappa shape index (κ3) is 3.51. The molecule has 102 valence electrons. The zero-order valence-corrected chi connectivity index (χ0v) is 11.4. The lowest BCUT2D eigenvalue weighted by Gasteiger charge is -2.27. The van der Waals surface area contributed by atoms with E-state index in [1.54, 1.807) is 12.2 Å². The summed E-state index contributed by atoms with van der Waals surface area (Å²) in [5.74, 6) is 0.383. The first kappa shape index (κ1) is 13.9. The smallest absolute Gasteiger partial charge is 0.0853 e. The number of allylic oxidation sites excluding steroid dienone is 4. The summed E-state index contributed by atoms with van der Waals surface area (Å²) in [4.78, 5) is 0. The summed E-state index contributed by atoms with van der Waals surface area (Å²) >= 11 is 0. The van der Waals surface area contributed by atoms with E-state index >= 15 is 0 Å². The Kier molecular flexibility index (Phi) is 5.28. The Morgan fingerprint density at radius 1 is 1.21 bits per heavy atom. The number of aliphatic hydroxyl groups excluding tert-OH is 1. The van der Waals surface area contributed by atoms with E-state index in [0.717, 1.165) is 24.2 Å². The van der Waals surface area contributed by atoms with Crippen molar-refractivity contribution in [3.63, 3.8) is 0 Å². The number of fused-ring (bicyclic) bond motifs is 1. The molecule has 1 atom stereocenters. The highest BCUT2D eigenvalue weighted by atomic mass is 16.2. The van der Waals surface area contributed by atoms with Gasteiger partial charge in [0.05, 0.1) is 18.0 Å². The quantitative estimate of drug-likeness (QED) is 0.806. The van der Waals surface area contributed by atoms with Crippen LogP contribution in [-0.2, 0) is 0 Å². The third-order valence-electron chi connectivity index (χ3n) is 3.74. The van der Waals surface area contributed by atoms with Crippen LogP contribution in [0, 0.1) is 5.92 Å². The highest BCUT2D eigenvalue weighted by Gasteiger charge is 2.25. The second-order valence-electron chi connectivity index (χ2n) is 5.03. The third-order valence-corrected chi connectivity index (χ3v) is 3.74. The van der Waals surface area contributed by atoms with Crippen molar-refractivity contribution in [3.8, 4) is 0 Å². The number of nitrogens with zero attached hydrogens (tertiary/aromatic N) is 2. The summed E-state index contributed by atoms with van der Waals surface area (Å²) in [6.07, 6.45) is 14.7. The Hall–Kier alpha value is -1.48. The Morgan fingerprint density at radius 2 is 2.05 bits per heavy atom. The molecule has 2 rings (SSSR count). The van der Waals surface area contributed by atoms with Crippen LogP contribution < -0.4 is 0 Å². The zero-order chi connectivity index (χ0) is 13.5. The summed E-state index contributed by atoms with van der Waals surface area (Å²) < 4.78 is 0. The zero-order valence-electron chi connectivity index (χ0n) is 11.4. The average Bonchev–Trinajstić information content (AvgIpc) is 2.38. The van der Waals surface area contributed by atoms with Gasteiger partial charge in [-0.05, 0) is 37.0 Å². The minimum atomic E-state index is 0.0479. The summed E-state index contributed by atoms with van der Waals surface area (Å²) in [5.41, 5.74) is 3.36. The van der Waals surface area contributed by atoms with Crippen molar-refractivity contribution < 1.29 is 5.11 Å². The summed E-state index contributed by atoms with van der Waals surface area (Å²) in [6.45, 7) is 3.81. The number of aliphatic hydroxyl groups is 1. The Morgan fingerprint density at radius 3 is 2.84 bits per heavy atom. The molecule has 0 aromatic carbocycles. The molecule has 3 nitrogen and oxygen atoms in total. The molecule has 1 aliphatic carbocycles. The molecule has 0 bridgehead atoms. The van der Waals surface area contributed by atoms with Gasteiger partial charge >= 0.3 is 0 Å². The van der Waals surface area contributed by atoms with Gasteiger partial charge in [0.25, 0.3) is 0 Å². The Bertz CT molecular complexity index is 444. The van der Waals surface area contributed by atoms with Gasteiger partial charge < -0.3 is 5.11 Å². The van der Waals surface area contributed by atoms with E-state index in [0.29, 0.717) is 5.92 Å². The highest BCUT2D eigenvalue weighted by Crippen LogP contribution is 2.39. The fourth-order valence-electron chi connectivity index (χ4n) is 2.82. The van der Waals surface area contributed by atoms with E-state index in [4.69, 9.17) is 5.11 Å². The van der Waals surface area contributed by atoms with Crippen LogP contribution in [0.5, 0.6) is 0 Å². The maximum atomic E-state index is 8.92. The van der Waals surface area contributed by atoms with E-state index in [2.05, 4.69) is 16.8 Å². The van der Waals surface area contributed by atoms with Crippen molar-refractivity contribution in [2.75, 3.05) is 6.61 Å². The molecule has 1 aliphatic heterocycles. The van der Waals surface area contributed by atoms with Gasteiger partial charge in [-0.3, -0.25) is 0 Å². The number of hydrogen-bond donors (Lipinski definition) is 1. The molecule has 0 aromatic rings. The summed E-state index contributed by atoms with van der Waals surface area (Å²) in [5, 5.41) is 17.6. The second-order valence-corrected chi connectivity index (χ2v) is 5.03. The minimum Gasteiger partial charge on any atom is -0.392 e. The highest BCUT2D eigenvalue weighted by molar-refractivity contribution is 5.35. The predicted molar refractivity (Wildman–Crippen MR) is 77.6 cm³/mol. The second kappa shape index (κ2) is 7.19. The topological polar surface area (TPSA) is 45.0 Å². The van der Waals surface area contributed by atoms with Crippen LogP contribution in [0.15, 0.2) is 58.1 Å². The normalized spacial score (nSPS) is 26.4. The lowest BCUT2D eigenvalue weighted by atomic mass is 9.82. The molecule has 1 saturated carbocycles. The molecule has 0 saturated heterocycles. The standard InChI is InChI=1S/C16H22N2O/c1-2-8-15-13-9-5-3-4-6-10-14(13)16(18-17-15)11-7-12-19/h2,7-8,11,13,19H,1,3-6,9-10,12H2/b11-7-,15-8+. The van der Waals surface area contributed by atoms with Crippen molar-refractivity contribution >= 4 is 0 Å². The molecule has 1 fully saturated rings. The van der Waals surface area contributed by atoms with Gasteiger partial charge in [-0.15, -0.1) is 0 Å². The molecular formula is C16H22N2O. The Labute approximate surface area is 115 Å². The van der Waals surface area contributed by atoms with Gasteiger partial charge in [0, 0.05) is 5.92 Å². The molecular weight excluding hydrogens is 236 g/mol. The van der Waals surface area contributed by atoms with Crippen LogP contribution >= 0.6 is 0 Å². The van der Waals surface area contributed by atoms with Gasteiger partial charge in [0.2, 0.25) is 0 Å². The molecule has 1 N–H and O–H groups in total. The van der Waals surface area contributed by atoms with Crippen molar-refractivity contribution in [3.05, 3.63) is 47.9 Å². The van der Waals surface area contributed by atoms with Crippen molar-refractivity contribution in [2.24, 2.45) is 16.1 Å². The van der Waals surface area contributed by atoms with Gasteiger partial charge in [0.15, 0.2) is 0 Å². The maximum absolute atomic E-state index is 8.92. The van der Waals surface area contributed by atoms with Crippen LogP contribution in [0.1, 0.15) is 38.5 Å². The molecule has 0 spiro atoms. The molecule has 19 heavy (non-hydrogen) atoms. The van der Waals surface area contributed by atoms with E-state index in [-0.39, 0.29) is 6.61 Å². The molecule has 2 aliphatic rings. The SMILES string of the molecule is C=C/C=C1/N=NC(/C=C\CO)=C2CCCCCCC21. The first-order chi connectivity index (χ1) is 9.36. The van der Waals surface area contributed by atoms with E-state index in [1.165, 1.54) is 31.3 Å². The van der Waals surface area contributed by atoms with E-state index in [9.17, 15) is 0 Å². The van der Waals surface area contributed by atoms with Crippen molar-refractivity contribution in [1.29, 1.82) is 0 Å². The van der Waals surface area contributed by atoms with Crippen LogP contribution in [0.2, 0.25) is 0 Å². The largest absolute Gasteiger partial charge is 0.392 e.